The highest BCUT2D eigenvalue weighted by Crippen LogP contribution is 2.65. The maximum Gasteiger partial charge on any atom is 0.319 e. The zero-order valence-corrected chi connectivity index (χ0v) is 20.1. The fraction of sp³-hybridized carbons (Fsp3) is 0.708. The lowest BCUT2D eigenvalue weighted by Crippen LogP contribution is -2.67. The summed E-state index contributed by atoms with van der Waals surface area (Å²) in [5.74, 6) is 0.762. The first-order valence-corrected chi connectivity index (χ1v) is 13.6. The summed E-state index contributed by atoms with van der Waals surface area (Å²) in [5.41, 5.74) is 1.08. The van der Waals surface area contributed by atoms with Crippen molar-refractivity contribution in [2.24, 2.45) is 11.3 Å². The van der Waals surface area contributed by atoms with Crippen molar-refractivity contribution in [3.8, 4) is 0 Å². The van der Waals surface area contributed by atoms with Gasteiger partial charge in [0.25, 0.3) is 0 Å². The summed E-state index contributed by atoms with van der Waals surface area (Å²) in [4.78, 5) is 15.3. The largest absolute Gasteiger partial charge is 0.332 e. The van der Waals surface area contributed by atoms with Crippen LogP contribution < -0.4 is 10.6 Å². The molecule has 3 bridgehead atoms. The van der Waals surface area contributed by atoms with Crippen molar-refractivity contribution >= 4 is 21.7 Å². The second-order valence-electron chi connectivity index (χ2n) is 10.9. The monoisotopic (exact) mass is 460 g/mol. The quantitative estimate of drug-likeness (QED) is 0.703. The summed E-state index contributed by atoms with van der Waals surface area (Å²) in [6.45, 7) is 6.78. The second kappa shape index (κ2) is 7.99. The van der Waals surface area contributed by atoms with Crippen LogP contribution in [0.2, 0.25) is 0 Å². The molecular formula is C24H36N4O3S. The Hall–Kier alpha value is -1.64. The van der Waals surface area contributed by atoms with Crippen molar-refractivity contribution < 1.29 is 13.2 Å². The van der Waals surface area contributed by atoms with E-state index in [4.69, 9.17) is 0 Å². The molecule has 6 rings (SSSR count). The third-order valence-electron chi connectivity index (χ3n) is 8.28. The van der Waals surface area contributed by atoms with E-state index in [2.05, 4.69) is 29.4 Å². The molecule has 0 aromatic heterocycles. The normalized spacial score (nSPS) is 32.9. The van der Waals surface area contributed by atoms with Crippen LogP contribution in [-0.2, 0) is 10.0 Å². The van der Waals surface area contributed by atoms with Crippen LogP contribution in [0.3, 0.4) is 0 Å². The molecule has 1 atom stereocenters. The van der Waals surface area contributed by atoms with E-state index in [-0.39, 0.29) is 16.5 Å². The van der Waals surface area contributed by atoms with Gasteiger partial charge in [0.15, 0.2) is 0 Å². The molecule has 1 unspecified atom stereocenters. The Labute approximate surface area is 192 Å². The molecule has 0 radical (unpaired) electrons. The molecule has 5 aliphatic rings. The highest BCUT2D eigenvalue weighted by atomic mass is 32.2. The molecule has 8 heteroatoms. The summed E-state index contributed by atoms with van der Waals surface area (Å²) in [7, 11) is -3.51. The van der Waals surface area contributed by atoms with E-state index in [0.29, 0.717) is 30.2 Å². The number of amides is 2. The van der Waals surface area contributed by atoms with Gasteiger partial charge in [-0.15, -0.1) is 0 Å². The topological polar surface area (TPSA) is 81.8 Å². The van der Waals surface area contributed by atoms with Gasteiger partial charge in [0, 0.05) is 43.4 Å². The Morgan fingerprint density at radius 2 is 1.75 bits per heavy atom. The molecule has 1 aliphatic heterocycles. The standard InChI is InChI=1S/C24H36N4O3S/c1-18(2)27-10-12-28(13-11-27)32(30,31)21-7-5-20(6-8-21)25-22(29)26-24-15-19-4-3-9-23(14-19,16-24)17-24/h5-8,18-19H,3-4,9-17H2,1-2H3,(H2,25,26,29). The van der Waals surface area contributed by atoms with Gasteiger partial charge >= 0.3 is 6.03 Å². The van der Waals surface area contributed by atoms with E-state index >= 15 is 0 Å². The molecule has 5 fully saturated rings. The van der Waals surface area contributed by atoms with E-state index in [0.717, 1.165) is 38.3 Å². The van der Waals surface area contributed by atoms with Crippen molar-refractivity contribution in [2.75, 3.05) is 31.5 Å². The number of nitrogens with one attached hydrogen (secondary N) is 2. The van der Waals surface area contributed by atoms with Gasteiger partial charge in [-0.1, -0.05) is 12.8 Å². The van der Waals surface area contributed by atoms with Gasteiger partial charge in [-0.3, -0.25) is 4.90 Å². The minimum atomic E-state index is -3.51. The van der Waals surface area contributed by atoms with E-state index in [9.17, 15) is 13.2 Å². The maximum atomic E-state index is 13.0. The SMILES string of the molecule is CC(C)N1CCN(S(=O)(=O)c2ccc(NC(=O)NC34CC5CCCC(C5)(C3)C4)cc2)CC1. The van der Waals surface area contributed by atoms with Crippen molar-refractivity contribution in [3.05, 3.63) is 24.3 Å². The summed E-state index contributed by atoms with van der Waals surface area (Å²) in [6.07, 6.45) is 8.64. The predicted molar refractivity (Wildman–Crippen MR) is 125 cm³/mol. The van der Waals surface area contributed by atoms with E-state index < -0.39 is 10.0 Å². The molecular weight excluding hydrogens is 424 g/mol. The number of nitrogens with zero attached hydrogens (tertiary/aromatic N) is 2. The predicted octanol–water partition coefficient (Wildman–Crippen LogP) is 3.64. The van der Waals surface area contributed by atoms with E-state index in [1.807, 2.05) is 0 Å². The minimum Gasteiger partial charge on any atom is -0.332 e. The lowest BCUT2D eigenvalue weighted by atomic mass is 9.43. The zero-order chi connectivity index (χ0) is 22.6. The number of hydrogen-bond donors (Lipinski definition) is 2. The van der Waals surface area contributed by atoms with Crippen LogP contribution in [0.1, 0.15) is 58.8 Å². The molecule has 1 spiro atoms. The van der Waals surface area contributed by atoms with Crippen LogP contribution in [0.5, 0.6) is 0 Å². The first kappa shape index (κ1) is 22.2. The third kappa shape index (κ3) is 4.05. The summed E-state index contributed by atoms with van der Waals surface area (Å²) in [6, 6.07) is 6.82. The molecule has 1 aromatic carbocycles. The van der Waals surface area contributed by atoms with Crippen LogP contribution in [0, 0.1) is 11.3 Å². The molecule has 4 aliphatic carbocycles. The maximum absolute atomic E-state index is 13.0. The van der Waals surface area contributed by atoms with Gasteiger partial charge in [-0.05, 0) is 81.5 Å². The third-order valence-corrected chi connectivity index (χ3v) is 10.2. The Morgan fingerprint density at radius 1 is 1.06 bits per heavy atom. The number of carbonyl (C=O) groups excluding carboxylic acids is 1. The molecule has 1 saturated heterocycles. The van der Waals surface area contributed by atoms with Gasteiger partial charge in [-0.25, -0.2) is 13.2 Å². The summed E-state index contributed by atoms with van der Waals surface area (Å²) >= 11 is 0. The molecule has 2 N–H and O–H groups in total. The lowest BCUT2D eigenvalue weighted by Gasteiger charge is -2.65. The number of piperazine rings is 1. The number of carbonyl (C=O) groups is 1. The highest BCUT2D eigenvalue weighted by molar-refractivity contribution is 7.89. The van der Waals surface area contributed by atoms with Crippen LogP contribution in [0.15, 0.2) is 29.2 Å². The minimum absolute atomic E-state index is 0.0329. The highest BCUT2D eigenvalue weighted by Gasteiger charge is 2.61. The van der Waals surface area contributed by atoms with Gasteiger partial charge in [0.1, 0.15) is 0 Å². The van der Waals surface area contributed by atoms with Crippen molar-refractivity contribution in [1.29, 1.82) is 0 Å². The Bertz CT molecular complexity index is 956. The van der Waals surface area contributed by atoms with Crippen molar-refractivity contribution in [2.45, 2.75) is 75.3 Å². The second-order valence-corrected chi connectivity index (χ2v) is 12.9. The number of urea groups is 1. The molecule has 32 heavy (non-hydrogen) atoms. The average molecular weight is 461 g/mol. The number of sulfonamides is 1. The fourth-order valence-corrected chi connectivity index (χ4v) is 8.44. The smallest absolute Gasteiger partial charge is 0.319 e. The molecule has 1 heterocycles. The summed E-state index contributed by atoms with van der Waals surface area (Å²) in [5, 5.41) is 6.18. The molecule has 4 saturated carbocycles. The van der Waals surface area contributed by atoms with Crippen LogP contribution in [-0.4, -0.2) is 61.4 Å². The molecule has 1 aromatic rings. The first-order valence-electron chi connectivity index (χ1n) is 12.1. The van der Waals surface area contributed by atoms with Crippen molar-refractivity contribution in [1.82, 2.24) is 14.5 Å². The van der Waals surface area contributed by atoms with Gasteiger partial charge in [0.2, 0.25) is 10.0 Å². The summed E-state index contributed by atoms with van der Waals surface area (Å²) < 4.78 is 27.6. The van der Waals surface area contributed by atoms with Crippen LogP contribution in [0.25, 0.3) is 0 Å². The lowest BCUT2D eigenvalue weighted by molar-refractivity contribution is -0.102. The van der Waals surface area contributed by atoms with Crippen LogP contribution in [0.4, 0.5) is 10.5 Å². The zero-order valence-electron chi connectivity index (χ0n) is 19.3. The number of benzene rings is 1. The average Bonchev–Trinajstić information content (AvgIpc) is 2.72. The van der Waals surface area contributed by atoms with E-state index in [1.165, 1.54) is 25.7 Å². The molecule has 7 nitrogen and oxygen atoms in total. The van der Waals surface area contributed by atoms with Crippen LogP contribution >= 0.6 is 0 Å². The number of anilines is 1. The Balaban J connectivity index is 1.18. The van der Waals surface area contributed by atoms with Gasteiger partial charge < -0.3 is 10.6 Å². The Morgan fingerprint density at radius 3 is 2.38 bits per heavy atom. The van der Waals surface area contributed by atoms with Gasteiger partial charge in [0.05, 0.1) is 4.90 Å². The number of hydrogen-bond acceptors (Lipinski definition) is 4. The first-order chi connectivity index (χ1) is 15.2. The Kier molecular flexibility index (Phi) is 5.54. The van der Waals surface area contributed by atoms with Gasteiger partial charge in [-0.2, -0.15) is 4.31 Å². The fourth-order valence-electron chi connectivity index (χ4n) is 7.02. The number of rotatable bonds is 5. The van der Waals surface area contributed by atoms with Crippen molar-refractivity contribution in [3.63, 3.8) is 0 Å². The molecule has 176 valence electrons. The van der Waals surface area contributed by atoms with E-state index in [1.54, 1.807) is 28.6 Å². The molecule has 2 amide bonds.